The predicted molar refractivity (Wildman–Crippen MR) is 126 cm³/mol. The summed E-state index contributed by atoms with van der Waals surface area (Å²) in [5, 5.41) is 18.4. The molecular formula is C25H26N4O5. The Morgan fingerprint density at radius 3 is 2.29 bits per heavy atom. The molecule has 0 saturated heterocycles. The maximum atomic E-state index is 12.8. The largest absolute Gasteiger partial charge is 0.476 e. The monoisotopic (exact) mass is 462 g/mol. The molecule has 1 atom stereocenters. The van der Waals surface area contributed by atoms with Gasteiger partial charge in [-0.05, 0) is 28.7 Å². The predicted octanol–water partition coefficient (Wildman–Crippen LogP) is 3.76. The van der Waals surface area contributed by atoms with E-state index in [9.17, 15) is 19.5 Å². The summed E-state index contributed by atoms with van der Waals surface area (Å²) in [6.45, 7) is 2.01. The Balaban J connectivity index is 1.42. The summed E-state index contributed by atoms with van der Waals surface area (Å²) in [5.41, 5.74) is 4.36. The molecule has 34 heavy (non-hydrogen) atoms. The number of nitrogens with one attached hydrogen (secondary N) is 2. The fraction of sp³-hybridized carbons (Fsp3) is 0.280. The average Bonchev–Trinajstić information content (AvgIpc) is 3.35. The van der Waals surface area contributed by atoms with E-state index in [0.29, 0.717) is 12.8 Å². The van der Waals surface area contributed by atoms with E-state index in [2.05, 4.69) is 27.9 Å². The number of nitrogens with zero attached hydrogens (tertiary/aromatic N) is 2. The molecule has 176 valence electrons. The van der Waals surface area contributed by atoms with Crippen molar-refractivity contribution in [2.45, 2.75) is 31.7 Å². The van der Waals surface area contributed by atoms with E-state index >= 15 is 0 Å². The van der Waals surface area contributed by atoms with Gasteiger partial charge in [-0.1, -0.05) is 61.9 Å². The van der Waals surface area contributed by atoms with Crippen molar-refractivity contribution < 1.29 is 24.2 Å². The number of anilines is 1. The first-order valence-electron chi connectivity index (χ1n) is 11.1. The van der Waals surface area contributed by atoms with E-state index in [1.54, 1.807) is 0 Å². The van der Waals surface area contributed by atoms with Gasteiger partial charge in [0.05, 0.1) is 11.9 Å². The van der Waals surface area contributed by atoms with E-state index in [-0.39, 0.29) is 23.9 Å². The molecule has 0 saturated carbocycles. The minimum absolute atomic E-state index is 0.0652. The van der Waals surface area contributed by atoms with Crippen LogP contribution in [0.1, 0.15) is 47.3 Å². The zero-order valence-electron chi connectivity index (χ0n) is 18.9. The zero-order chi connectivity index (χ0) is 24.2. The number of rotatable bonds is 8. The van der Waals surface area contributed by atoms with Gasteiger partial charge in [0.25, 0.3) is 0 Å². The molecule has 1 heterocycles. The van der Waals surface area contributed by atoms with Crippen molar-refractivity contribution in [2.24, 2.45) is 7.05 Å². The number of aromatic nitrogens is 2. The Kier molecular flexibility index (Phi) is 6.62. The van der Waals surface area contributed by atoms with Crippen LogP contribution in [0.15, 0.2) is 54.7 Å². The van der Waals surface area contributed by atoms with E-state index in [0.717, 1.165) is 26.9 Å². The number of fused-ring (bicyclic) bond motifs is 3. The van der Waals surface area contributed by atoms with Crippen LogP contribution in [-0.2, 0) is 16.6 Å². The fourth-order valence-electron chi connectivity index (χ4n) is 4.34. The number of aryl methyl sites for hydroxylation is 1. The highest BCUT2D eigenvalue weighted by Crippen LogP contribution is 2.44. The number of carbonyl (C=O) groups is 3. The van der Waals surface area contributed by atoms with Gasteiger partial charge in [0.15, 0.2) is 5.69 Å². The van der Waals surface area contributed by atoms with E-state index in [4.69, 9.17) is 4.74 Å². The van der Waals surface area contributed by atoms with Crippen LogP contribution in [0.4, 0.5) is 10.5 Å². The Bertz CT molecular complexity index is 1190. The summed E-state index contributed by atoms with van der Waals surface area (Å²) in [6.07, 6.45) is 1.54. The molecule has 3 aromatic rings. The number of benzene rings is 2. The maximum Gasteiger partial charge on any atom is 0.407 e. The summed E-state index contributed by atoms with van der Waals surface area (Å²) in [5.74, 6) is -1.84. The number of ether oxygens (including phenoxy) is 1. The topological polar surface area (TPSA) is 123 Å². The van der Waals surface area contributed by atoms with Crippen LogP contribution >= 0.6 is 0 Å². The van der Waals surface area contributed by atoms with Crippen molar-refractivity contribution in [3.8, 4) is 11.1 Å². The van der Waals surface area contributed by atoms with Crippen molar-refractivity contribution in [3.63, 3.8) is 0 Å². The van der Waals surface area contributed by atoms with E-state index in [1.807, 2.05) is 43.3 Å². The molecule has 3 N–H and O–H groups in total. The fourth-order valence-corrected chi connectivity index (χ4v) is 4.34. The third kappa shape index (κ3) is 4.50. The molecule has 1 aliphatic rings. The van der Waals surface area contributed by atoms with Gasteiger partial charge in [0, 0.05) is 13.0 Å². The summed E-state index contributed by atoms with van der Waals surface area (Å²) >= 11 is 0. The highest BCUT2D eigenvalue weighted by Gasteiger charge is 2.30. The van der Waals surface area contributed by atoms with Crippen LogP contribution in [0.2, 0.25) is 0 Å². The SMILES string of the molecule is CCC[C@@H](NC(=O)OCC1c2ccccc2-c2ccccc21)C(=O)Nc1cnn(C)c1C(=O)O. The number of amides is 2. The maximum absolute atomic E-state index is 12.8. The molecule has 0 spiro atoms. The minimum atomic E-state index is -1.22. The third-order valence-electron chi connectivity index (χ3n) is 5.93. The summed E-state index contributed by atoms with van der Waals surface area (Å²) in [7, 11) is 1.47. The zero-order valence-corrected chi connectivity index (χ0v) is 18.9. The molecule has 2 amide bonds. The lowest BCUT2D eigenvalue weighted by Gasteiger charge is -2.19. The number of alkyl carbamates (subject to hydrolysis) is 1. The molecule has 0 radical (unpaired) electrons. The Hall–Kier alpha value is -4.14. The van der Waals surface area contributed by atoms with Crippen molar-refractivity contribution >= 4 is 23.7 Å². The van der Waals surface area contributed by atoms with Crippen LogP contribution in [0, 0.1) is 0 Å². The smallest absolute Gasteiger partial charge is 0.407 e. The van der Waals surface area contributed by atoms with Crippen LogP contribution in [0.25, 0.3) is 11.1 Å². The molecule has 4 rings (SSSR count). The second-order valence-electron chi connectivity index (χ2n) is 8.14. The lowest BCUT2D eigenvalue weighted by molar-refractivity contribution is -0.118. The molecule has 9 nitrogen and oxygen atoms in total. The molecular weight excluding hydrogens is 436 g/mol. The number of carboxylic acids is 1. The normalized spacial score (nSPS) is 13.0. The number of carboxylic acid groups (broad SMARTS) is 1. The lowest BCUT2D eigenvalue weighted by atomic mass is 9.98. The summed E-state index contributed by atoms with van der Waals surface area (Å²) < 4.78 is 6.70. The van der Waals surface area contributed by atoms with Crippen molar-refractivity contribution in [3.05, 3.63) is 71.5 Å². The van der Waals surface area contributed by atoms with Gasteiger partial charge < -0.3 is 20.5 Å². The lowest BCUT2D eigenvalue weighted by Crippen LogP contribution is -2.44. The molecule has 0 aliphatic heterocycles. The average molecular weight is 463 g/mol. The standard InChI is InChI=1S/C25H26N4O5/c1-3-8-20(23(30)27-21-13-26-29(2)22(21)24(31)32)28-25(33)34-14-19-17-11-6-4-9-15(17)16-10-5-7-12-18(16)19/h4-7,9-13,19-20H,3,8,14H2,1-2H3,(H,27,30)(H,28,33)(H,31,32)/t20-/m1/s1. The highest BCUT2D eigenvalue weighted by atomic mass is 16.5. The Morgan fingerprint density at radius 2 is 1.71 bits per heavy atom. The van der Waals surface area contributed by atoms with Crippen LogP contribution in [0.3, 0.4) is 0 Å². The van der Waals surface area contributed by atoms with Gasteiger partial charge in [0.1, 0.15) is 12.6 Å². The van der Waals surface area contributed by atoms with Crippen molar-refractivity contribution in [1.82, 2.24) is 15.1 Å². The number of aromatic carboxylic acids is 1. The quantitative estimate of drug-likeness (QED) is 0.468. The highest BCUT2D eigenvalue weighted by molar-refractivity contribution is 6.01. The molecule has 0 unspecified atom stereocenters. The van der Waals surface area contributed by atoms with Crippen LogP contribution in [0.5, 0.6) is 0 Å². The molecule has 0 fully saturated rings. The molecule has 1 aromatic heterocycles. The van der Waals surface area contributed by atoms with Crippen molar-refractivity contribution in [2.75, 3.05) is 11.9 Å². The van der Waals surface area contributed by atoms with Crippen molar-refractivity contribution in [1.29, 1.82) is 0 Å². The molecule has 2 aromatic carbocycles. The van der Waals surface area contributed by atoms with Gasteiger partial charge in [-0.2, -0.15) is 5.10 Å². The Morgan fingerprint density at radius 1 is 1.09 bits per heavy atom. The van der Waals surface area contributed by atoms with Crippen LogP contribution < -0.4 is 10.6 Å². The first-order valence-corrected chi connectivity index (χ1v) is 11.1. The van der Waals surface area contributed by atoms with Gasteiger partial charge >= 0.3 is 12.1 Å². The minimum Gasteiger partial charge on any atom is -0.476 e. The third-order valence-corrected chi connectivity index (χ3v) is 5.93. The molecule has 0 bridgehead atoms. The molecule has 9 heteroatoms. The second kappa shape index (κ2) is 9.78. The van der Waals surface area contributed by atoms with E-state index < -0.39 is 24.0 Å². The summed E-state index contributed by atoms with van der Waals surface area (Å²) in [4.78, 5) is 36.9. The first-order chi connectivity index (χ1) is 16.4. The number of hydrogen-bond donors (Lipinski definition) is 3. The first kappa shape index (κ1) is 23.0. The molecule has 1 aliphatic carbocycles. The number of carbonyl (C=O) groups excluding carboxylic acids is 2. The van der Waals surface area contributed by atoms with Gasteiger partial charge in [-0.15, -0.1) is 0 Å². The number of hydrogen-bond acceptors (Lipinski definition) is 5. The van der Waals surface area contributed by atoms with Gasteiger partial charge in [0.2, 0.25) is 5.91 Å². The Labute approximate surface area is 196 Å². The van der Waals surface area contributed by atoms with E-state index in [1.165, 1.54) is 13.2 Å². The van der Waals surface area contributed by atoms with Gasteiger partial charge in [-0.3, -0.25) is 9.48 Å². The second-order valence-corrected chi connectivity index (χ2v) is 8.14. The summed E-state index contributed by atoms with van der Waals surface area (Å²) in [6, 6.07) is 15.2. The van der Waals surface area contributed by atoms with Crippen LogP contribution in [-0.4, -0.2) is 45.5 Å². The van der Waals surface area contributed by atoms with Gasteiger partial charge in [-0.25, -0.2) is 9.59 Å².